The van der Waals surface area contributed by atoms with E-state index in [2.05, 4.69) is 5.32 Å². The fraction of sp³-hybridized carbons (Fsp3) is 0.240. The van der Waals surface area contributed by atoms with Crippen LogP contribution in [0.25, 0.3) is 0 Å². The van der Waals surface area contributed by atoms with Gasteiger partial charge in [0.2, 0.25) is 5.43 Å². The van der Waals surface area contributed by atoms with Crippen LogP contribution in [0.2, 0.25) is 5.02 Å². The number of hydrogen-bond donors (Lipinski definition) is 2. The monoisotopic (exact) mass is 499 g/mol. The maximum atomic E-state index is 14.2. The van der Waals surface area contributed by atoms with E-state index in [0.29, 0.717) is 30.1 Å². The predicted octanol–water partition coefficient (Wildman–Crippen LogP) is 3.48. The SMILES string of the molecule is Cc1cc(F)c(CNC(=O)c2cn3c(c(O)c2=O)C(=O)N2Cc4ccc(Cl)cc4C[C@H]3C2)c(F)c1. The summed E-state index contributed by atoms with van der Waals surface area (Å²) in [5.41, 5.74) is 0.189. The standard InChI is InChI=1S/C25H20ClF2N3O4/c1-12-4-19(27)17(20(28)5-12)8-29-24(34)18-11-31-16-7-14-6-15(26)3-2-13(14)9-30(10-16)25(35)21(31)23(33)22(18)32/h2-6,11,16,33H,7-10H2,1H3,(H,29,34)/t16-/m0/s1. The Morgan fingerprint density at radius 1 is 1.17 bits per heavy atom. The van der Waals surface area contributed by atoms with Gasteiger partial charge in [-0.05, 0) is 54.3 Å². The molecule has 0 spiro atoms. The van der Waals surface area contributed by atoms with Crippen molar-refractivity contribution in [2.75, 3.05) is 6.54 Å². The van der Waals surface area contributed by atoms with E-state index < -0.39 is 46.7 Å². The van der Waals surface area contributed by atoms with E-state index in [1.807, 2.05) is 12.1 Å². The molecule has 0 fully saturated rings. The van der Waals surface area contributed by atoms with Gasteiger partial charge in [-0.15, -0.1) is 0 Å². The molecule has 0 unspecified atom stereocenters. The third-order valence-electron chi connectivity index (χ3n) is 6.47. The number of aromatic nitrogens is 1. The van der Waals surface area contributed by atoms with Crippen LogP contribution in [0.4, 0.5) is 8.78 Å². The van der Waals surface area contributed by atoms with Crippen molar-refractivity contribution < 1.29 is 23.5 Å². The second-order valence-electron chi connectivity index (χ2n) is 8.82. The smallest absolute Gasteiger partial charge is 0.274 e. The molecule has 2 amide bonds. The molecule has 10 heteroatoms. The molecule has 3 aromatic rings. The average Bonchev–Trinajstić information content (AvgIpc) is 2.96. The second kappa shape index (κ2) is 8.49. The predicted molar refractivity (Wildman–Crippen MR) is 124 cm³/mol. The molecule has 2 N–H and O–H groups in total. The minimum absolute atomic E-state index is 0.197. The van der Waals surface area contributed by atoms with Gasteiger partial charge in [-0.25, -0.2) is 8.78 Å². The van der Waals surface area contributed by atoms with Crippen molar-refractivity contribution >= 4 is 23.4 Å². The molecule has 2 aliphatic rings. The quantitative estimate of drug-likeness (QED) is 0.577. The minimum atomic E-state index is -1.03. The zero-order chi connectivity index (χ0) is 25.0. The van der Waals surface area contributed by atoms with E-state index >= 15 is 0 Å². The Kier molecular flexibility index (Phi) is 5.59. The summed E-state index contributed by atoms with van der Waals surface area (Å²) in [6, 6.07) is 7.28. The van der Waals surface area contributed by atoms with Crippen LogP contribution >= 0.6 is 11.6 Å². The fourth-order valence-electron chi connectivity index (χ4n) is 4.72. The minimum Gasteiger partial charge on any atom is -0.503 e. The molecule has 2 bridgehead atoms. The highest BCUT2D eigenvalue weighted by atomic mass is 35.5. The second-order valence-corrected chi connectivity index (χ2v) is 9.26. The Balaban J connectivity index is 1.51. The largest absolute Gasteiger partial charge is 0.503 e. The van der Waals surface area contributed by atoms with Gasteiger partial charge in [-0.3, -0.25) is 14.4 Å². The number of benzene rings is 2. The summed E-state index contributed by atoms with van der Waals surface area (Å²) in [5, 5.41) is 13.5. The first kappa shape index (κ1) is 23.0. The third-order valence-corrected chi connectivity index (χ3v) is 6.70. The number of carbonyl (C=O) groups excluding carboxylic acids is 2. The number of aryl methyl sites for hydroxylation is 1. The summed E-state index contributed by atoms with van der Waals surface area (Å²) in [7, 11) is 0. The van der Waals surface area contributed by atoms with Crippen LogP contribution < -0.4 is 10.7 Å². The number of amides is 2. The zero-order valence-corrected chi connectivity index (χ0v) is 19.3. The Morgan fingerprint density at radius 2 is 1.89 bits per heavy atom. The summed E-state index contributed by atoms with van der Waals surface area (Å²) in [6.07, 6.45) is 1.68. The van der Waals surface area contributed by atoms with Crippen molar-refractivity contribution in [3.05, 3.63) is 96.9 Å². The van der Waals surface area contributed by atoms with Crippen LogP contribution in [0.1, 0.15) is 49.1 Å². The lowest BCUT2D eigenvalue weighted by Crippen LogP contribution is -2.44. The van der Waals surface area contributed by atoms with Gasteiger partial charge in [0.25, 0.3) is 11.8 Å². The molecular formula is C25H20ClF2N3O4. The number of aromatic hydroxyl groups is 1. The molecule has 3 heterocycles. The molecule has 180 valence electrons. The zero-order valence-electron chi connectivity index (χ0n) is 18.6. The Hall–Kier alpha value is -3.72. The van der Waals surface area contributed by atoms with Crippen LogP contribution in [0, 0.1) is 18.6 Å². The fourth-order valence-corrected chi connectivity index (χ4v) is 4.91. The van der Waals surface area contributed by atoms with Gasteiger partial charge in [0.1, 0.15) is 17.2 Å². The van der Waals surface area contributed by atoms with E-state index in [0.717, 1.165) is 23.3 Å². The van der Waals surface area contributed by atoms with Gasteiger partial charge in [0.15, 0.2) is 11.4 Å². The van der Waals surface area contributed by atoms with Gasteiger partial charge < -0.3 is 19.9 Å². The topological polar surface area (TPSA) is 91.6 Å². The lowest BCUT2D eigenvalue weighted by Gasteiger charge is -2.34. The number of nitrogens with one attached hydrogen (secondary N) is 1. The van der Waals surface area contributed by atoms with Crippen LogP contribution in [0.15, 0.2) is 41.3 Å². The first-order valence-electron chi connectivity index (χ1n) is 10.9. The van der Waals surface area contributed by atoms with Gasteiger partial charge >= 0.3 is 0 Å². The highest BCUT2D eigenvalue weighted by molar-refractivity contribution is 6.30. The van der Waals surface area contributed by atoms with Crippen molar-refractivity contribution in [2.45, 2.75) is 32.5 Å². The number of nitrogens with zero attached hydrogens (tertiary/aromatic N) is 2. The van der Waals surface area contributed by atoms with Gasteiger partial charge in [-0.1, -0.05) is 17.7 Å². The van der Waals surface area contributed by atoms with Crippen molar-refractivity contribution in [3.63, 3.8) is 0 Å². The van der Waals surface area contributed by atoms with E-state index in [9.17, 15) is 28.3 Å². The molecule has 0 saturated heterocycles. The van der Waals surface area contributed by atoms with Crippen LogP contribution in [-0.2, 0) is 19.5 Å². The number of hydrogen-bond acceptors (Lipinski definition) is 4. The van der Waals surface area contributed by atoms with Crippen LogP contribution in [0.3, 0.4) is 0 Å². The summed E-state index contributed by atoms with van der Waals surface area (Å²) in [5.74, 6) is -3.95. The average molecular weight is 500 g/mol. The molecule has 7 nitrogen and oxygen atoms in total. The molecule has 1 aromatic heterocycles. The van der Waals surface area contributed by atoms with E-state index in [1.165, 1.54) is 17.7 Å². The highest BCUT2D eigenvalue weighted by Crippen LogP contribution is 2.34. The maximum Gasteiger partial charge on any atom is 0.274 e. The lowest BCUT2D eigenvalue weighted by atomic mass is 10.0. The Labute approximate surface area is 203 Å². The Bertz CT molecular complexity index is 1450. The van der Waals surface area contributed by atoms with Crippen molar-refractivity contribution in [2.24, 2.45) is 0 Å². The molecular weight excluding hydrogens is 480 g/mol. The number of halogens is 3. The Morgan fingerprint density at radius 3 is 2.60 bits per heavy atom. The number of fused-ring (bicyclic) bond motifs is 5. The van der Waals surface area contributed by atoms with Crippen molar-refractivity contribution in [1.29, 1.82) is 0 Å². The van der Waals surface area contributed by atoms with Crippen LogP contribution in [-0.4, -0.2) is 32.9 Å². The molecule has 35 heavy (non-hydrogen) atoms. The number of rotatable bonds is 3. The van der Waals surface area contributed by atoms with Gasteiger partial charge in [0, 0.05) is 36.4 Å². The molecule has 2 aliphatic heterocycles. The molecule has 5 rings (SSSR count). The maximum absolute atomic E-state index is 14.2. The summed E-state index contributed by atoms with van der Waals surface area (Å²) < 4.78 is 29.7. The summed E-state index contributed by atoms with van der Waals surface area (Å²) in [6.45, 7) is 1.64. The van der Waals surface area contributed by atoms with Crippen molar-refractivity contribution in [1.82, 2.24) is 14.8 Å². The summed E-state index contributed by atoms with van der Waals surface area (Å²) >= 11 is 6.16. The normalized spacial score (nSPS) is 16.4. The number of pyridine rings is 1. The van der Waals surface area contributed by atoms with Crippen molar-refractivity contribution in [3.8, 4) is 5.75 Å². The highest BCUT2D eigenvalue weighted by Gasteiger charge is 2.37. The van der Waals surface area contributed by atoms with E-state index in [-0.39, 0.29) is 17.3 Å². The van der Waals surface area contributed by atoms with E-state index in [4.69, 9.17) is 11.6 Å². The molecule has 0 radical (unpaired) electrons. The molecule has 0 aliphatic carbocycles. The number of carbonyl (C=O) groups is 2. The first-order valence-corrected chi connectivity index (χ1v) is 11.3. The molecule has 2 aromatic carbocycles. The lowest BCUT2D eigenvalue weighted by molar-refractivity contribution is 0.0653. The van der Waals surface area contributed by atoms with E-state index in [1.54, 1.807) is 11.0 Å². The third kappa shape index (κ3) is 3.95. The molecule has 1 atom stereocenters. The summed E-state index contributed by atoms with van der Waals surface area (Å²) in [4.78, 5) is 40.3. The van der Waals surface area contributed by atoms with Crippen LogP contribution in [0.5, 0.6) is 5.75 Å². The first-order chi connectivity index (χ1) is 16.6. The molecule has 0 saturated carbocycles. The van der Waals surface area contributed by atoms with Gasteiger partial charge in [0.05, 0.1) is 6.04 Å². The van der Waals surface area contributed by atoms with Gasteiger partial charge in [-0.2, -0.15) is 0 Å².